The summed E-state index contributed by atoms with van der Waals surface area (Å²) in [7, 11) is 1.50. The van der Waals surface area contributed by atoms with Crippen LogP contribution in [0.4, 0.5) is 0 Å². The largest absolute Gasteiger partial charge is 0.496 e. The fourth-order valence-corrected chi connectivity index (χ4v) is 2.20. The van der Waals surface area contributed by atoms with E-state index < -0.39 is 5.97 Å². The third-order valence-corrected chi connectivity index (χ3v) is 3.45. The first-order chi connectivity index (χ1) is 10.5. The lowest BCUT2D eigenvalue weighted by Gasteiger charge is -2.10. The minimum absolute atomic E-state index is 0.0322. The number of carboxylic acids is 1. The fourth-order valence-electron chi connectivity index (χ4n) is 2.20. The van der Waals surface area contributed by atoms with E-state index in [1.165, 1.54) is 12.7 Å². The molecule has 0 saturated heterocycles. The maximum Gasteiger partial charge on any atom is 0.303 e. The molecule has 0 spiro atoms. The normalized spacial score (nSPS) is 10.3. The number of ether oxygens (including phenoxy) is 1. The van der Waals surface area contributed by atoms with Gasteiger partial charge in [0.2, 0.25) is 0 Å². The Bertz CT molecular complexity index is 687. The topological polar surface area (TPSA) is 63.6 Å². The molecule has 2 aromatic rings. The van der Waals surface area contributed by atoms with Crippen LogP contribution in [0.25, 0.3) is 11.1 Å². The van der Waals surface area contributed by atoms with Gasteiger partial charge in [0.05, 0.1) is 19.1 Å². The molecule has 4 nitrogen and oxygen atoms in total. The Hall–Kier alpha value is -2.62. The van der Waals surface area contributed by atoms with Crippen LogP contribution in [0.2, 0.25) is 0 Å². The first kappa shape index (κ1) is 15.8. The van der Waals surface area contributed by atoms with E-state index in [1.54, 1.807) is 12.1 Å². The van der Waals surface area contributed by atoms with Crippen LogP contribution >= 0.6 is 0 Å². The fraction of sp³-hybridized carbons (Fsp3) is 0.222. The monoisotopic (exact) mass is 298 g/mol. The van der Waals surface area contributed by atoms with Crippen molar-refractivity contribution in [1.82, 2.24) is 0 Å². The first-order valence-corrected chi connectivity index (χ1v) is 7.01. The van der Waals surface area contributed by atoms with Crippen LogP contribution in [0.15, 0.2) is 42.5 Å². The highest BCUT2D eigenvalue weighted by Crippen LogP contribution is 2.28. The predicted octanol–water partition coefficient (Wildman–Crippen LogP) is 3.72. The second kappa shape index (κ2) is 6.89. The Morgan fingerprint density at radius 2 is 1.64 bits per heavy atom. The number of rotatable bonds is 6. The molecule has 0 bridgehead atoms. The standard InChI is InChI=1S/C18H18O4/c1-12-3-5-13(6-4-12)14-7-8-15(17(11-14)22-2)16(19)9-10-18(20)21/h3-8,11H,9-10H2,1-2H3,(H,20,21). The number of hydrogen-bond donors (Lipinski definition) is 1. The maximum absolute atomic E-state index is 12.1. The predicted molar refractivity (Wildman–Crippen MR) is 84.4 cm³/mol. The van der Waals surface area contributed by atoms with Gasteiger partial charge in [-0.3, -0.25) is 9.59 Å². The van der Waals surface area contributed by atoms with Crippen molar-refractivity contribution >= 4 is 11.8 Å². The van der Waals surface area contributed by atoms with E-state index >= 15 is 0 Å². The Labute approximate surface area is 129 Å². The molecule has 0 aromatic heterocycles. The van der Waals surface area contributed by atoms with Crippen LogP contribution in [0, 0.1) is 6.92 Å². The smallest absolute Gasteiger partial charge is 0.303 e. The average molecular weight is 298 g/mol. The van der Waals surface area contributed by atoms with Gasteiger partial charge in [0.1, 0.15) is 5.75 Å². The number of benzene rings is 2. The van der Waals surface area contributed by atoms with E-state index in [-0.39, 0.29) is 18.6 Å². The first-order valence-electron chi connectivity index (χ1n) is 7.01. The Kier molecular flexibility index (Phi) is 4.94. The summed E-state index contributed by atoms with van der Waals surface area (Å²) in [6, 6.07) is 13.4. The van der Waals surface area contributed by atoms with Crippen molar-refractivity contribution in [2.45, 2.75) is 19.8 Å². The lowest BCUT2D eigenvalue weighted by Crippen LogP contribution is -2.05. The van der Waals surface area contributed by atoms with Gasteiger partial charge in [-0.05, 0) is 30.2 Å². The molecule has 1 N–H and O–H groups in total. The second-order valence-electron chi connectivity index (χ2n) is 5.10. The van der Waals surface area contributed by atoms with E-state index in [4.69, 9.17) is 9.84 Å². The molecule has 22 heavy (non-hydrogen) atoms. The van der Waals surface area contributed by atoms with Crippen molar-refractivity contribution in [2.24, 2.45) is 0 Å². The van der Waals surface area contributed by atoms with Crippen LogP contribution in [0.3, 0.4) is 0 Å². The van der Waals surface area contributed by atoms with Gasteiger partial charge in [0, 0.05) is 6.42 Å². The number of methoxy groups -OCH3 is 1. The van der Waals surface area contributed by atoms with Crippen molar-refractivity contribution in [1.29, 1.82) is 0 Å². The molecule has 2 rings (SSSR count). The molecule has 0 aliphatic carbocycles. The van der Waals surface area contributed by atoms with Gasteiger partial charge in [-0.25, -0.2) is 0 Å². The number of carboxylic acid groups (broad SMARTS) is 1. The molecular weight excluding hydrogens is 280 g/mol. The van der Waals surface area contributed by atoms with Crippen molar-refractivity contribution in [3.05, 3.63) is 53.6 Å². The molecule has 0 fully saturated rings. The summed E-state index contributed by atoms with van der Waals surface area (Å²) in [6.07, 6.45) is -0.211. The van der Waals surface area contributed by atoms with Crippen LogP contribution in [-0.2, 0) is 4.79 Å². The minimum atomic E-state index is -0.983. The molecule has 0 amide bonds. The van der Waals surface area contributed by atoms with E-state index in [0.29, 0.717) is 11.3 Å². The van der Waals surface area contributed by atoms with E-state index in [0.717, 1.165) is 11.1 Å². The maximum atomic E-state index is 12.1. The third kappa shape index (κ3) is 3.73. The molecule has 0 aliphatic heterocycles. The van der Waals surface area contributed by atoms with Crippen molar-refractivity contribution in [3.8, 4) is 16.9 Å². The SMILES string of the molecule is COc1cc(-c2ccc(C)cc2)ccc1C(=O)CCC(=O)O. The number of aryl methyl sites for hydroxylation is 1. The summed E-state index contributed by atoms with van der Waals surface area (Å²) >= 11 is 0. The minimum Gasteiger partial charge on any atom is -0.496 e. The van der Waals surface area contributed by atoms with E-state index in [1.807, 2.05) is 37.3 Å². The zero-order valence-electron chi connectivity index (χ0n) is 12.6. The van der Waals surface area contributed by atoms with Gasteiger partial charge >= 0.3 is 5.97 Å². The third-order valence-electron chi connectivity index (χ3n) is 3.45. The molecule has 2 aromatic carbocycles. The van der Waals surface area contributed by atoms with Crippen molar-refractivity contribution in [3.63, 3.8) is 0 Å². The quantitative estimate of drug-likeness (QED) is 0.826. The highest BCUT2D eigenvalue weighted by molar-refractivity contribution is 6.00. The number of hydrogen-bond acceptors (Lipinski definition) is 3. The van der Waals surface area contributed by atoms with Crippen LogP contribution in [-0.4, -0.2) is 24.0 Å². The van der Waals surface area contributed by atoms with Crippen molar-refractivity contribution < 1.29 is 19.4 Å². The summed E-state index contributed by atoms with van der Waals surface area (Å²) in [5.74, 6) is -0.744. The molecule has 0 heterocycles. The van der Waals surface area contributed by atoms with Gasteiger partial charge in [-0.2, -0.15) is 0 Å². The summed E-state index contributed by atoms with van der Waals surface area (Å²) in [4.78, 5) is 22.7. The lowest BCUT2D eigenvalue weighted by molar-refractivity contribution is -0.136. The van der Waals surface area contributed by atoms with Crippen molar-refractivity contribution in [2.75, 3.05) is 7.11 Å². The van der Waals surface area contributed by atoms with E-state index in [2.05, 4.69) is 0 Å². The van der Waals surface area contributed by atoms with Gasteiger partial charge in [-0.15, -0.1) is 0 Å². The van der Waals surface area contributed by atoms with Gasteiger partial charge in [-0.1, -0.05) is 35.9 Å². The Morgan fingerprint density at radius 1 is 1.00 bits per heavy atom. The molecule has 4 heteroatoms. The number of carbonyl (C=O) groups is 2. The second-order valence-corrected chi connectivity index (χ2v) is 5.10. The number of carbonyl (C=O) groups excluding carboxylic acids is 1. The number of ketones is 1. The average Bonchev–Trinajstić information content (AvgIpc) is 2.52. The molecule has 0 unspecified atom stereocenters. The van der Waals surface area contributed by atoms with Crippen LogP contribution < -0.4 is 4.74 Å². The van der Waals surface area contributed by atoms with Gasteiger partial charge < -0.3 is 9.84 Å². The summed E-state index contributed by atoms with van der Waals surface area (Å²) < 4.78 is 5.29. The number of Topliss-reactive ketones (excluding diaryl/α,β-unsaturated/α-hetero) is 1. The zero-order chi connectivity index (χ0) is 16.1. The van der Waals surface area contributed by atoms with E-state index in [9.17, 15) is 9.59 Å². The molecule has 114 valence electrons. The van der Waals surface area contributed by atoms with Crippen LogP contribution in [0.1, 0.15) is 28.8 Å². The summed E-state index contributed by atoms with van der Waals surface area (Å²) in [5, 5.41) is 8.67. The zero-order valence-corrected chi connectivity index (χ0v) is 12.6. The van der Waals surface area contributed by atoms with Crippen LogP contribution in [0.5, 0.6) is 5.75 Å². The Balaban J connectivity index is 2.29. The molecule has 0 atom stereocenters. The summed E-state index contributed by atoms with van der Waals surface area (Å²) in [5.41, 5.74) is 3.58. The molecule has 0 aliphatic rings. The van der Waals surface area contributed by atoms with Gasteiger partial charge in [0.25, 0.3) is 0 Å². The lowest BCUT2D eigenvalue weighted by atomic mass is 9.99. The summed E-state index contributed by atoms with van der Waals surface area (Å²) in [6.45, 7) is 2.02. The molecule has 0 saturated carbocycles. The number of aliphatic carboxylic acids is 1. The highest BCUT2D eigenvalue weighted by Gasteiger charge is 2.14. The highest BCUT2D eigenvalue weighted by atomic mass is 16.5. The van der Waals surface area contributed by atoms with Gasteiger partial charge in [0.15, 0.2) is 5.78 Å². The Morgan fingerprint density at radius 3 is 2.23 bits per heavy atom. The molecule has 0 radical (unpaired) electrons. The molecular formula is C18H18O4.